The van der Waals surface area contributed by atoms with Gasteiger partial charge < -0.3 is 5.11 Å². The Bertz CT molecular complexity index is 1510. The highest BCUT2D eigenvalue weighted by molar-refractivity contribution is 9.10. The smallest absolute Gasteiger partial charge is 0.296 e. The van der Waals surface area contributed by atoms with E-state index in [0.717, 1.165) is 20.1 Å². The van der Waals surface area contributed by atoms with Gasteiger partial charge in [-0.2, -0.15) is 0 Å². The summed E-state index contributed by atoms with van der Waals surface area (Å²) in [5.41, 5.74) is 1.02. The van der Waals surface area contributed by atoms with Crippen molar-refractivity contribution in [3.05, 3.63) is 112 Å². The largest absolute Gasteiger partial charge is 0.858 e. The lowest BCUT2D eigenvalue weighted by Crippen LogP contribution is -2.28. The van der Waals surface area contributed by atoms with Crippen molar-refractivity contribution in [2.24, 2.45) is 4.99 Å². The molecule has 156 valence electrons. The summed E-state index contributed by atoms with van der Waals surface area (Å²) < 4.78 is 16.1. The summed E-state index contributed by atoms with van der Waals surface area (Å²) in [6.07, 6.45) is 1.79. The molecule has 0 aliphatic rings. The number of aromatic nitrogens is 1. The molecule has 5 aromatic rings. The second-order valence-corrected chi connectivity index (χ2v) is 8.90. The zero-order valence-electron chi connectivity index (χ0n) is 16.5. The molecule has 0 aliphatic carbocycles. The number of nitrogens with zero attached hydrogens (tertiary/aromatic N) is 2. The van der Waals surface area contributed by atoms with Gasteiger partial charge in [-0.25, -0.2) is 9.38 Å². The molecule has 0 spiro atoms. The average Bonchev–Trinajstić information content (AvgIpc) is 3.18. The van der Waals surface area contributed by atoms with Crippen LogP contribution in [-0.4, -0.2) is 11.7 Å². The van der Waals surface area contributed by atoms with Crippen LogP contribution in [0.1, 0.15) is 21.6 Å². The van der Waals surface area contributed by atoms with E-state index in [9.17, 15) is 14.3 Å². The van der Waals surface area contributed by atoms with Crippen molar-refractivity contribution in [1.29, 1.82) is 0 Å². The van der Waals surface area contributed by atoms with Crippen LogP contribution in [0.25, 0.3) is 15.6 Å². The van der Waals surface area contributed by atoms with Gasteiger partial charge in [0.1, 0.15) is 5.82 Å². The topological polar surface area (TPSA) is 56.6 Å². The van der Waals surface area contributed by atoms with Gasteiger partial charge in [0, 0.05) is 21.5 Å². The maximum atomic E-state index is 13.5. The van der Waals surface area contributed by atoms with Crippen molar-refractivity contribution in [2.75, 3.05) is 0 Å². The van der Waals surface area contributed by atoms with E-state index in [1.54, 1.807) is 34.9 Å². The molecule has 2 aromatic heterocycles. The third-order valence-electron chi connectivity index (χ3n) is 5.07. The molecule has 0 unspecified atom stereocenters. The quantitative estimate of drug-likeness (QED) is 0.146. The molecule has 7 heteroatoms. The Morgan fingerprint density at radius 3 is 2.41 bits per heavy atom. The number of hydrogen-bond donors (Lipinski definition) is 0. The maximum absolute atomic E-state index is 13.5. The predicted octanol–water partition coefficient (Wildman–Crippen LogP) is 5.21. The number of aliphatic imine (C=N–C) groups is 1. The fourth-order valence-corrected chi connectivity index (χ4v) is 5.16. The lowest BCUT2D eigenvalue weighted by Gasteiger charge is -2.09. The molecule has 0 saturated carbocycles. The highest BCUT2D eigenvalue weighted by Gasteiger charge is 2.30. The van der Waals surface area contributed by atoms with Crippen LogP contribution in [-0.2, 0) is 0 Å². The average molecular weight is 505 g/mol. The van der Waals surface area contributed by atoms with E-state index in [1.165, 1.54) is 35.6 Å². The summed E-state index contributed by atoms with van der Waals surface area (Å²) in [4.78, 5) is 18.6. The molecule has 0 fully saturated rings. The molecule has 0 bridgehead atoms. The molecular weight excluding hydrogens is 491 g/mol. The minimum Gasteiger partial charge on any atom is -0.858 e. The lowest BCUT2D eigenvalue weighted by atomic mass is 10.1. The van der Waals surface area contributed by atoms with Crippen LogP contribution in [0.2, 0.25) is 0 Å². The van der Waals surface area contributed by atoms with Crippen LogP contribution in [0.15, 0.2) is 94.5 Å². The SMILES string of the molecule is O=C(c1ccc(F)cc1)c1c(/N=C(\[O-])c2ccccc2)sc2c3cccc(Br)c3cc[n+]12. The number of fused-ring (bicyclic) bond motifs is 3. The third kappa shape index (κ3) is 3.59. The van der Waals surface area contributed by atoms with Gasteiger partial charge in [-0.05, 0) is 59.2 Å². The molecule has 0 radical (unpaired) electrons. The first-order chi connectivity index (χ1) is 15.5. The van der Waals surface area contributed by atoms with Crippen molar-refractivity contribution in [3.8, 4) is 0 Å². The fraction of sp³-hybridized carbons (Fsp3) is 0. The zero-order chi connectivity index (χ0) is 22.2. The van der Waals surface area contributed by atoms with Gasteiger partial charge in [0.15, 0.2) is 11.2 Å². The summed E-state index contributed by atoms with van der Waals surface area (Å²) in [6, 6.07) is 21.8. The molecule has 0 atom stereocenters. The summed E-state index contributed by atoms with van der Waals surface area (Å²) in [7, 11) is 0. The number of thiazole rings is 1. The molecule has 3 aromatic carbocycles. The Balaban J connectivity index is 1.78. The Labute approximate surface area is 195 Å². The predicted molar refractivity (Wildman–Crippen MR) is 125 cm³/mol. The normalized spacial score (nSPS) is 11.9. The summed E-state index contributed by atoms with van der Waals surface area (Å²) in [6.45, 7) is 0. The van der Waals surface area contributed by atoms with Gasteiger partial charge in [0.05, 0.1) is 5.39 Å². The summed E-state index contributed by atoms with van der Waals surface area (Å²) in [5.74, 6) is -1.20. The fourth-order valence-electron chi connectivity index (χ4n) is 3.52. The number of ketones is 1. The number of halogens is 2. The first kappa shape index (κ1) is 20.5. The van der Waals surface area contributed by atoms with E-state index in [2.05, 4.69) is 20.9 Å². The van der Waals surface area contributed by atoms with E-state index < -0.39 is 11.7 Å². The monoisotopic (exact) mass is 504 g/mol. The minimum absolute atomic E-state index is 0.266. The van der Waals surface area contributed by atoms with Crippen molar-refractivity contribution in [3.63, 3.8) is 0 Å². The number of benzene rings is 3. The molecule has 0 amide bonds. The Morgan fingerprint density at radius 2 is 1.66 bits per heavy atom. The van der Waals surface area contributed by atoms with Gasteiger partial charge in [-0.1, -0.05) is 52.3 Å². The zero-order valence-corrected chi connectivity index (χ0v) is 18.9. The van der Waals surface area contributed by atoms with E-state index in [-0.39, 0.29) is 11.5 Å². The van der Waals surface area contributed by atoms with Gasteiger partial charge in [-0.3, -0.25) is 4.79 Å². The molecule has 4 nitrogen and oxygen atoms in total. The van der Waals surface area contributed by atoms with Crippen LogP contribution in [0, 0.1) is 5.82 Å². The Hall–Kier alpha value is -3.42. The van der Waals surface area contributed by atoms with E-state index >= 15 is 0 Å². The lowest BCUT2D eigenvalue weighted by molar-refractivity contribution is -0.508. The molecule has 5 rings (SSSR count). The summed E-state index contributed by atoms with van der Waals surface area (Å²) in [5, 5.41) is 15.0. The van der Waals surface area contributed by atoms with Crippen LogP contribution in [0.3, 0.4) is 0 Å². The molecule has 0 N–H and O–H groups in total. The number of rotatable bonds is 4. The van der Waals surface area contributed by atoms with Crippen molar-refractivity contribution >= 4 is 59.6 Å². The van der Waals surface area contributed by atoms with Crippen LogP contribution in [0.4, 0.5) is 9.39 Å². The van der Waals surface area contributed by atoms with Crippen LogP contribution >= 0.6 is 27.3 Å². The first-order valence-electron chi connectivity index (χ1n) is 9.70. The van der Waals surface area contributed by atoms with E-state index in [4.69, 9.17) is 0 Å². The second-order valence-electron chi connectivity index (χ2n) is 7.07. The Kier molecular flexibility index (Phi) is 5.28. The minimum atomic E-state index is -0.434. The molecule has 32 heavy (non-hydrogen) atoms. The molecule has 0 aliphatic heterocycles. The van der Waals surface area contributed by atoms with E-state index in [0.29, 0.717) is 16.1 Å². The number of carbonyl (C=O) groups is 1. The maximum Gasteiger partial charge on any atom is 0.296 e. The highest BCUT2D eigenvalue weighted by Crippen LogP contribution is 2.34. The molecular formula is C25H14BrFN2O2S. The Morgan fingerprint density at radius 1 is 0.906 bits per heavy atom. The number of hydrogen-bond acceptors (Lipinski definition) is 4. The van der Waals surface area contributed by atoms with Gasteiger partial charge in [-0.15, -0.1) is 4.40 Å². The van der Waals surface area contributed by atoms with E-state index in [1.807, 2.05) is 30.3 Å². The van der Waals surface area contributed by atoms with Gasteiger partial charge in [0.25, 0.3) is 16.3 Å². The highest BCUT2D eigenvalue weighted by atomic mass is 79.9. The van der Waals surface area contributed by atoms with Crippen molar-refractivity contribution in [2.45, 2.75) is 0 Å². The summed E-state index contributed by atoms with van der Waals surface area (Å²) >= 11 is 4.84. The third-order valence-corrected chi connectivity index (χ3v) is 6.85. The van der Waals surface area contributed by atoms with Crippen LogP contribution < -0.4 is 9.51 Å². The van der Waals surface area contributed by atoms with Gasteiger partial charge in [0.2, 0.25) is 0 Å². The van der Waals surface area contributed by atoms with Gasteiger partial charge >= 0.3 is 0 Å². The van der Waals surface area contributed by atoms with Crippen molar-refractivity contribution in [1.82, 2.24) is 0 Å². The standard InChI is InChI=1S/C25H14BrFN2O2S/c26-20-8-4-7-19-18(20)13-14-29-21(22(30)15-9-11-17(27)12-10-15)24(32-25(19)29)28-23(31)16-5-2-1-3-6-16/h1-14H. The number of carbonyl (C=O) groups excluding carboxylic acids is 1. The van der Waals surface area contributed by atoms with Crippen LogP contribution in [0.5, 0.6) is 0 Å². The first-order valence-corrected chi connectivity index (χ1v) is 11.3. The number of pyridine rings is 1. The van der Waals surface area contributed by atoms with Crippen molar-refractivity contribution < 1.29 is 18.7 Å². The second kappa shape index (κ2) is 8.26. The molecule has 2 heterocycles. The molecule has 0 saturated heterocycles.